The van der Waals surface area contributed by atoms with Crippen LogP contribution in [0, 0.1) is 0 Å². The molecule has 148 valence electrons. The zero-order chi connectivity index (χ0) is 20.3. The number of halogens is 3. The van der Waals surface area contributed by atoms with E-state index < -0.39 is 29.0 Å². The lowest BCUT2D eigenvalue weighted by Crippen LogP contribution is -2.44. The minimum Gasteiger partial charge on any atom is -0.444 e. The second-order valence-electron chi connectivity index (χ2n) is 7.25. The molecule has 0 bridgehead atoms. The van der Waals surface area contributed by atoms with Gasteiger partial charge in [0.1, 0.15) is 5.60 Å². The van der Waals surface area contributed by atoms with Crippen molar-refractivity contribution in [1.29, 1.82) is 0 Å². The van der Waals surface area contributed by atoms with Gasteiger partial charge in [0.15, 0.2) is 0 Å². The fourth-order valence-electron chi connectivity index (χ4n) is 2.11. The molecule has 9 heteroatoms. The smallest absolute Gasteiger partial charge is 0.417 e. The van der Waals surface area contributed by atoms with Crippen LogP contribution in [0.4, 0.5) is 18.0 Å². The van der Waals surface area contributed by atoms with Crippen molar-refractivity contribution in [3.8, 4) is 0 Å². The normalized spacial score (nSPS) is 15.4. The van der Waals surface area contributed by atoms with E-state index in [1.807, 2.05) is 0 Å². The SMILES string of the molecule is CCC(C)(N=C(NC(=O)OC(C)(C)C)N(C)C)c1sccc1C(F)(F)F. The van der Waals surface area contributed by atoms with E-state index in [0.29, 0.717) is 6.42 Å². The Morgan fingerprint density at radius 3 is 2.27 bits per heavy atom. The zero-order valence-electron chi connectivity index (χ0n) is 16.1. The van der Waals surface area contributed by atoms with E-state index in [-0.39, 0.29) is 10.8 Å². The third-order valence-electron chi connectivity index (χ3n) is 3.54. The van der Waals surface area contributed by atoms with Crippen molar-refractivity contribution >= 4 is 23.4 Å². The van der Waals surface area contributed by atoms with Crippen molar-refractivity contribution in [2.75, 3.05) is 14.1 Å². The number of hydrogen-bond acceptors (Lipinski definition) is 4. The van der Waals surface area contributed by atoms with E-state index in [1.54, 1.807) is 48.7 Å². The lowest BCUT2D eigenvalue weighted by molar-refractivity contribution is -0.138. The summed E-state index contributed by atoms with van der Waals surface area (Å²) in [6.45, 7) is 8.53. The van der Waals surface area contributed by atoms with Crippen molar-refractivity contribution in [3.05, 3.63) is 21.9 Å². The maximum absolute atomic E-state index is 13.3. The number of carbonyl (C=O) groups is 1. The molecule has 0 aromatic carbocycles. The molecule has 0 radical (unpaired) electrons. The highest BCUT2D eigenvalue weighted by atomic mass is 32.1. The van der Waals surface area contributed by atoms with E-state index in [4.69, 9.17) is 4.74 Å². The quantitative estimate of drug-likeness (QED) is 0.591. The van der Waals surface area contributed by atoms with Crippen LogP contribution in [0.1, 0.15) is 51.5 Å². The van der Waals surface area contributed by atoms with Gasteiger partial charge >= 0.3 is 12.3 Å². The summed E-state index contributed by atoms with van der Waals surface area (Å²) in [5.41, 5.74) is -2.55. The molecule has 1 heterocycles. The van der Waals surface area contributed by atoms with Gasteiger partial charge in [0.05, 0.1) is 11.1 Å². The van der Waals surface area contributed by atoms with Crippen molar-refractivity contribution in [1.82, 2.24) is 10.2 Å². The van der Waals surface area contributed by atoms with Gasteiger partial charge in [-0.25, -0.2) is 9.79 Å². The average molecular weight is 393 g/mol. The first kappa shape index (κ1) is 22.3. The molecule has 0 saturated carbocycles. The number of amides is 1. The van der Waals surface area contributed by atoms with Gasteiger partial charge < -0.3 is 9.64 Å². The zero-order valence-corrected chi connectivity index (χ0v) is 16.9. The minimum absolute atomic E-state index is 0.109. The molecule has 1 rings (SSSR count). The van der Waals surface area contributed by atoms with Gasteiger partial charge in [-0.15, -0.1) is 11.3 Å². The molecule has 1 amide bonds. The van der Waals surface area contributed by atoms with Crippen LogP contribution in [0.5, 0.6) is 0 Å². The average Bonchev–Trinajstić information content (AvgIpc) is 2.94. The van der Waals surface area contributed by atoms with Gasteiger partial charge in [0.25, 0.3) is 0 Å². The second kappa shape index (κ2) is 7.85. The first-order chi connectivity index (χ1) is 11.7. The topological polar surface area (TPSA) is 53.9 Å². The molecule has 0 aliphatic heterocycles. The molecular weight excluding hydrogens is 367 g/mol. The van der Waals surface area contributed by atoms with Crippen LogP contribution in [0.3, 0.4) is 0 Å². The fraction of sp³-hybridized carbons (Fsp3) is 0.647. The maximum Gasteiger partial charge on any atom is 0.417 e. The predicted molar refractivity (Wildman–Crippen MR) is 97.5 cm³/mol. The minimum atomic E-state index is -4.46. The van der Waals surface area contributed by atoms with Gasteiger partial charge in [-0.3, -0.25) is 5.32 Å². The summed E-state index contributed by atoms with van der Waals surface area (Å²) in [5, 5.41) is 3.92. The predicted octanol–water partition coefficient (Wildman–Crippen LogP) is 4.83. The lowest BCUT2D eigenvalue weighted by Gasteiger charge is -2.28. The second-order valence-corrected chi connectivity index (χ2v) is 8.16. The van der Waals surface area contributed by atoms with E-state index in [9.17, 15) is 18.0 Å². The Morgan fingerprint density at radius 2 is 1.85 bits per heavy atom. The molecule has 0 aliphatic carbocycles. The van der Waals surface area contributed by atoms with E-state index >= 15 is 0 Å². The van der Waals surface area contributed by atoms with Crippen LogP contribution >= 0.6 is 11.3 Å². The Balaban J connectivity index is 3.27. The van der Waals surface area contributed by atoms with E-state index in [0.717, 1.165) is 17.4 Å². The van der Waals surface area contributed by atoms with Crippen LogP contribution in [0.15, 0.2) is 16.4 Å². The number of carbonyl (C=O) groups excluding carboxylic acids is 1. The van der Waals surface area contributed by atoms with Crippen LogP contribution < -0.4 is 5.32 Å². The molecule has 1 aromatic heterocycles. The summed E-state index contributed by atoms with van der Waals surface area (Å²) >= 11 is 1.00. The van der Waals surface area contributed by atoms with Gasteiger partial charge in [-0.1, -0.05) is 6.92 Å². The summed E-state index contributed by atoms with van der Waals surface area (Å²) in [4.78, 5) is 18.1. The molecule has 0 saturated heterocycles. The number of thiophene rings is 1. The number of guanidine groups is 1. The highest BCUT2D eigenvalue weighted by Gasteiger charge is 2.40. The fourth-order valence-corrected chi connectivity index (χ4v) is 3.20. The Kier molecular flexibility index (Phi) is 6.73. The molecule has 1 atom stereocenters. The van der Waals surface area contributed by atoms with Crippen LogP contribution in [-0.4, -0.2) is 36.6 Å². The van der Waals surface area contributed by atoms with Crippen molar-refractivity contribution in [2.45, 2.75) is 58.4 Å². The summed E-state index contributed by atoms with van der Waals surface area (Å²) in [7, 11) is 3.29. The van der Waals surface area contributed by atoms with Crippen molar-refractivity contribution < 1.29 is 22.7 Å². The first-order valence-corrected chi connectivity index (χ1v) is 9.00. The standard InChI is InChI=1S/C17H26F3N3O2S/c1-8-16(5,12-11(9-10-26-12)17(18,19)20)22-13(23(6)7)21-14(24)25-15(2,3)4/h9-10H,8H2,1-7H3,(H,21,22,24). The number of aliphatic imine (C=N–C) groups is 1. The van der Waals surface area contributed by atoms with Crippen molar-refractivity contribution in [3.63, 3.8) is 0 Å². The molecule has 5 nitrogen and oxygen atoms in total. The largest absolute Gasteiger partial charge is 0.444 e. The number of alkyl carbamates (subject to hydrolysis) is 1. The van der Waals surface area contributed by atoms with Gasteiger partial charge in [0, 0.05) is 19.0 Å². The van der Waals surface area contributed by atoms with E-state index in [2.05, 4.69) is 10.3 Å². The van der Waals surface area contributed by atoms with Gasteiger partial charge in [0.2, 0.25) is 5.96 Å². The van der Waals surface area contributed by atoms with Gasteiger partial charge in [-0.2, -0.15) is 13.2 Å². The Hall–Kier alpha value is -1.77. The molecule has 1 unspecified atom stereocenters. The van der Waals surface area contributed by atoms with Crippen LogP contribution in [0.2, 0.25) is 0 Å². The lowest BCUT2D eigenvalue weighted by atomic mass is 9.94. The Bertz CT molecular complexity index is 663. The number of nitrogens with one attached hydrogen (secondary N) is 1. The molecule has 1 N–H and O–H groups in total. The number of nitrogens with zero attached hydrogens (tertiary/aromatic N) is 2. The van der Waals surface area contributed by atoms with Gasteiger partial charge in [-0.05, 0) is 45.6 Å². The Morgan fingerprint density at radius 1 is 1.27 bits per heavy atom. The van der Waals surface area contributed by atoms with E-state index in [1.165, 1.54) is 10.3 Å². The highest BCUT2D eigenvalue weighted by Crippen LogP contribution is 2.43. The van der Waals surface area contributed by atoms with Crippen LogP contribution in [-0.2, 0) is 16.5 Å². The first-order valence-electron chi connectivity index (χ1n) is 8.12. The highest BCUT2D eigenvalue weighted by molar-refractivity contribution is 7.10. The maximum atomic E-state index is 13.3. The monoisotopic (exact) mass is 393 g/mol. The molecule has 26 heavy (non-hydrogen) atoms. The number of ether oxygens (including phenoxy) is 1. The molecule has 0 fully saturated rings. The Labute approximate surface area is 156 Å². The molecule has 1 aromatic rings. The summed E-state index contributed by atoms with van der Waals surface area (Å²) < 4.78 is 45.1. The summed E-state index contributed by atoms with van der Waals surface area (Å²) in [5.74, 6) is 0.130. The van der Waals surface area contributed by atoms with Crippen molar-refractivity contribution in [2.24, 2.45) is 4.99 Å². The molecular formula is C17H26F3N3O2S. The summed E-state index contributed by atoms with van der Waals surface area (Å²) in [6, 6.07) is 1.06. The number of alkyl halides is 3. The molecule has 0 aliphatic rings. The number of rotatable bonds is 3. The third-order valence-corrected chi connectivity index (χ3v) is 4.70. The third kappa shape index (κ3) is 5.89. The van der Waals surface area contributed by atoms with Crippen LogP contribution in [0.25, 0.3) is 0 Å². The number of hydrogen-bond donors (Lipinski definition) is 1. The summed E-state index contributed by atoms with van der Waals surface area (Å²) in [6.07, 6.45) is -4.85. The molecule has 0 spiro atoms.